The van der Waals surface area contributed by atoms with Gasteiger partial charge in [-0.05, 0) is 59.7 Å². The van der Waals surface area contributed by atoms with E-state index in [1.807, 2.05) is 42.5 Å². The summed E-state index contributed by atoms with van der Waals surface area (Å²) in [7, 11) is 0. The summed E-state index contributed by atoms with van der Waals surface area (Å²) < 4.78 is 11.5. The van der Waals surface area contributed by atoms with Gasteiger partial charge in [0.05, 0.1) is 6.61 Å². The van der Waals surface area contributed by atoms with Crippen LogP contribution in [0.25, 0.3) is 33.3 Å². The third-order valence-corrected chi connectivity index (χ3v) is 4.47. The summed E-state index contributed by atoms with van der Waals surface area (Å²) >= 11 is 6.03. The number of fused-ring (bicyclic) bond motifs is 2. The largest absolute Gasteiger partial charge is 0.494 e. The van der Waals surface area contributed by atoms with Crippen molar-refractivity contribution in [2.75, 3.05) is 6.61 Å². The normalized spacial score (nSPS) is 11.1. The number of halogens is 1. The van der Waals surface area contributed by atoms with Crippen molar-refractivity contribution in [1.82, 2.24) is 4.98 Å². The third kappa shape index (κ3) is 3.73. The van der Waals surface area contributed by atoms with Gasteiger partial charge in [0.1, 0.15) is 11.3 Å². The van der Waals surface area contributed by atoms with E-state index in [9.17, 15) is 4.79 Å². The number of oxazole rings is 1. The number of nitrogens with zero attached hydrogens (tertiary/aromatic N) is 1. The molecule has 3 aromatic carbocycles. The fraction of sp³-hybridized carbons (Fsp3) is 0.143. The maximum Gasteiger partial charge on any atom is 0.303 e. The molecule has 0 saturated carbocycles. The van der Waals surface area contributed by atoms with Crippen LogP contribution in [-0.4, -0.2) is 22.7 Å². The van der Waals surface area contributed by atoms with Crippen molar-refractivity contribution >= 4 is 39.4 Å². The Bertz CT molecular complexity index is 1140. The molecule has 27 heavy (non-hydrogen) atoms. The first kappa shape index (κ1) is 17.4. The maximum atomic E-state index is 10.6. The number of ether oxygens (including phenoxy) is 1. The summed E-state index contributed by atoms with van der Waals surface area (Å²) in [4.78, 5) is 15.1. The summed E-state index contributed by atoms with van der Waals surface area (Å²) in [5, 5.41) is 11.3. The van der Waals surface area contributed by atoms with Gasteiger partial charge in [0, 0.05) is 17.0 Å². The summed E-state index contributed by atoms with van der Waals surface area (Å²) in [6.45, 7) is 0.364. The van der Waals surface area contributed by atoms with Crippen LogP contribution in [0.3, 0.4) is 0 Å². The average Bonchev–Trinajstić information content (AvgIpc) is 3.07. The second-order valence-electron chi connectivity index (χ2n) is 6.17. The average molecular weight is 382 g/mol. The van der Waals surface area contributed by atoms with Crippen molar-refractivity contribution in [2.24, 2.45) is 0 Å². The molecule has 4 rings (SSSR count). The topological polar surface area (TPSA) is 72.6 Å². The highest BCUT2D eigenvalue weighted by Gasteiger charge is 2.12. The Balaban J connectivity index is 1.64. The number of carboxylic acids is 1. The van der Waals surface area contributed by atoms with Gasteiger partial charge < -0.3 is 14.3 Å². The second-order valence-corrected chi connectivity index (χ2v) is 6.60. The minimum Gasteiger partial charge on any atom is -0.494 e. The van der Waals surface area contributed by atoms with Gasteiger partial charge in [-0.15, -0.1) is 0 Å². The van der Waals surface area contributed by atoms with Gasteiger partial charge in [-0.1, -0.05) is 23.7 Å². The van der Waals surface area contributed by atoms with Crippen molar-refractivity contribution in [3.05, 3.63) is 59.6 Å². The number of aromatic nitrogens is 1. The van der Waals surface area contributed by atoms with Crippen LogP contribution in [0.15, 0.2) is 59.0 Å². The molecule has 0 radical (unpaired) electrons. The van der Waals surface area contributed by atoms with Gasteiger partial charge in [-0.2, -0.15) is 0 Å². The summed E-state index contributed by atoms with van der Waals surface area (Å²) in [6.07, 6.45) is 0.568. The first-order valence-electron chi connectivity index (χ1n) is 8.54. The number of carbonyl (C=O) groups is 1. The Morgan fingerprint density at radius 2 is 2.04 bits per heavy atom. The van der Waals surface area contributed by atoms with Crippen LogP contribution in [0.4, 0.5) is 0 Å². The van der Waals surface area contributed by atoms with Gasteiger partial charge in [0.15, 0.2) is 5.58 Å². The monoisotopic (exact) mass is 381 g/mol. The Kier molecular flexibility index (Phi) is 4.69. The van der Waals surface area contributed by atoms with Crippen molar-refractivity contribution in [2.45, 2.75) is 12.8 Å². The Labute approximate surface area is 160 Å². The Morgan fingerprint density at radius 3 is 2.89 bits per heavy atom. The molecule has 0 aliphatic carbocycles. The molecule has 0 bridgehead atoms. The van der Waals surface area contributed by atoms with Crippen LogP contribution in [0, 0.1) is 0 Å². The molecule has 1 heterocycles. The second kappa shape index (κ2) is 7.29. The number of aliphatic carboxylic acids is 1. The Morgan fingerprint density at radius 1 is 1.15 bits per heavy atom. The zero-order valence-electron chi connectivity index (χ0n) is 14.3. The Hall–Kier alpha value is -3.05. The first-order chi connectivity index (χ1) is 13.1. The molecule has 5 nitrogen and oxygen atoms in total. The van der Waals surface area contributed by atoms with Gasteiger partial charge in [-0.25, -0.2) is 4.98 Å². The fourth-order valence-electron chi connectivity index (χ4n) is 2.97. The first-order valence-corrected chi connectivity index (χ1v) is 8.92. The molecular weight excluding hydrogens is 366 g/mol. The third-order valence-electron chi connectivity index (χ3n) is 4.24. The van der Waals surface area contributed by atoms with Crippen LogP contribution >= 0.6 is 11.6 Å². The van der Waals surface area contributed by atoms with E-state index in [1.54, 1.807) is 12.1 Å². The maximum absolute atomic E-state index is 10.6. The summed E-state index contributed by atoms with van der Waals surface area (Å²) in [5.41, 5.74) is 2.29. The molecule has 6 heteroatoms. The van der Waals surface area contributed by atoms with Crippen molar-refractivity contribution in [1.29, 1.82) is 0 Å². The molecule has 0 unspecified atom stereocenters. The van der Waals surface area contributed by atoms with Crippen LogP contribution in [0.5, 0.6) is 5.75 Å². The van der Waals surface area contributed by atoms with Crippen LogP contribution in [-0.2, 0) is 4.79 Å². The van der Waals surface area contributed by atoms with E-state index in [4.69, 9.17) is 25.9 Å². The van der Waals surface area contributed by atoms with Gasteiger partial charge >= 0.3 is 5.97 Å². The van der Waals surface area contributed by atoms with Crippen LogP contribution in [0.2, 0.25) is 5.02 Å². The molecule has 0 atom stereocenters. The summed E-state index contributed by atoms with van der Waals surface area (Å²) in [6, 6.07) is 17.0. The highest BCUT2D eigenvalue weighted by Crippen LogP contribution is 2.33. The van der Waals surface area contributed by atoms with E-state index >= 15 is 0 Å². The molecule has 0 aliphatic rings. The van der Waals surface area contributed by atoms with E-state index < -0.39 is 5.97 Å². The van der Waals surface area contributed by atoms with E-state index in [0.717, 1.165) is 16.3 Å². The standard InChI is InChI=1S/C21H16ClNO4/c22-14-6-9-19-18(12-14)23-21(27-19)17-4-1-3-13-11-15(7-8-16(13)17)26-10-2-5-20(24)25/h1,3-4,6-9,11-12H,2,5,10H2,(H,24,25). The molecule has 136 valence electrons. The molecule has 0 spiro atoms. The van der Waals surface area contributed by atoms with Gasteiger partial charge in [-0.3, -0.25) is 4.79 Å². The predicted molar refractivity (Wildman–Crippen MR) is 104 cm³/mol. The van der Waals surface area contributed by atoms with Crippen LogP contribution < -0.4 is 4.74 Å². The van der Waals surface area contributed by atoms with E-state index in [0.29, 0.717) is 40.8 Å². The number of benzene rings is 3. The SMILES string of the molecule is O=C(O)CCCOc1ccc2c(-c3nc4cc(Cl)ccc4o3)cccc2c1. The molecule has 0 fully saturated rings. The lowest BCUT2D eigenvalue weighted by molar-refractivity contribution is -0.137. The molecule has 4 aromatic rings. The quantitative estimate of drug-likeness (QED) is 0.443. The van der Waals surface area contributed by atoms with E-state index in [-0.39, 0.29) is 6.42 Å². The van der Waals surface area contributed by atoms with Crippen LogP contribution in [0.1, 0.15) is 12.8 Å². The molecule has 1 aromatic heterocycles. The van der Waals surface area contributed by atoms with E-state index in [1.165, 1.54) is 0 Å². The van der Waals surface area contributed by atoms with E-state index in [2.05, 4.69) is 4.98 Å². The number of hydrogen-bond acceptors (Lipinski definition) is 4. The molecule has 0 aliphatic heterocycles. The van der Waals surface area contributed by atoms with Crippen molar-refractivity contribution in [3.8, 4) is 17.2 Å². The zero-order valence-corrected chi connectivity index (χ0v) is 15.1. The van der Waals surface area contributed by atoms with Crippen molar-refractivity contribution in [3.63, 3.8) is 0 Å². The highest BCUT2D eigenvalue weighted by atomic mass is 35.5. The predicted octanol–water partition coefficient (Wildman–Crippen LogP) is 5.55. The molecular formula is C21H16ClNO4. The van der Waals surface area contributed by atoms with Gasteiger partial charge in [0.2, 0.25) is 5.89 Å². The minimum absolute atomic E-state index is 0.0967. The number of rotatable bonds is 6. The molecule has 0 amide bonds. The number of carboxylic acid groups (broad SMARTS) is 1. The molecule has 1 N–H and O–H groups in total. The zero-order chi connectivity index (χ0) is 18.8. The smallest absolute Gasteiger partial charge is 0.303 e. The fourth-order valence-corrected chi connectivity index (χ4v) is 3.13. The summed E-state index contributed by atoms with van der Waals surface area (Å²) in [5.74, 6) is 0.420. The lowest BCUT2D eigenvalue weighted by atomic mass is 10.0. The number of hydrogen-bond donors (Lipinski definition) is 1. The highest BCUT2D eigenvalue weighted by molar-refractivity contribution is 6.31. The van der Waals surface area contributed by atoms with Crippen molar-refractivity contribution < 1.29 is 19.1 Å². The van der Waals surface area contributed by atoms with Gasteiger partial charge in [0.25, 0.3) is 0 Å². The molecule has 0 saturated heterocycles. The lowest BCUT2D eigenvalue weighted by Gasteiger charge is -2.08. The minimum atomic E-state index is -0.818. The lowest BCUT2D eigenvalue weighted by Crippen LogP contribution is -2.01.